The van der Waals surface area contributed by atoms with Gasteiger partial charge in [-0.05, 0) is 54.5 Å². The molecule has 1 amide bonds. The lowest BCUT2D eigenvalue weighted by Gasteiger charge is -2.10. The van der Waals surface area contributed by atoms with Crippen molar-refractivity contribution in [3.05, 3.63) is 64.9 Å². The summed E-state index contributed by atoms with van der Waals surface area (Å²) in [5, 5.41) is 6.21. The SMILES string of the molecule is O=C(CCc1ccccc1Cl)NC(=S)Nc1ccc(F)cc1. The van der Waals surface area contributed by atoms with Gasteiger partial charge < -0.3 is 10.6 Å². The highest BCUT2D eigenvalue weighted by atomic mass is 35.5. The van der Waals surface area contributed by atoms with E-state index in [1.165, 1.54) is 24.3 Å². The van der Waals surface area contributed by atoms with Gasteiger partial charge in [0.25, 0.3) is 0 Å². The predicted molar refractivity (Wildman–Crippen MR) is 90.5 cm³/mol. The van der Waals surface area contributed by atoms with E-state index in [9.17, 15) is 9.18 Å². The molecule has 2 aromatic rings. The monoisotopic (exact) mass is 336 g/mol. The van der Waals surface area contributed by atoms with Crippen LogP contribution in [0.1, 0.15) is 12.0 Å². The normalized spacial score (nSPS) is 10.1. The molecule has 0 aliphatic rings. The minimum atomic E-state index is -0.333. The summed E-state index contributed by atoms with van der Waals surface area (Å²) >= 11 is 11.1. The van der Waals surface area contributed by atoms with E-state index in [1.54, 1.807) is 6.07 Å². The fourth-order valence-electron chi connectivity index (χ4n) is 1.83. The van der Waals surface area contributed by atoms with E-state index >= 15 is 0 Å². The third kappa shape index (κ3) is 5.09. The molecule has 2 rings (SSSR count). The second-order valence-corrected chi connectivity index (χ2v) is 5.42. The van der Waals surface area contributed by atoms with Crippen LogP contribution in [-0.2, 0) is 11.2 Å². The van der Waals surface area contributed by atoms with Gasteiger partial charge in [0, 0.05) is 17.1 Å². The third-order valence-corrected chi connectivity index (χ3v) is 3.51. The van der Waals surface area contributed by atoms with Gasteiger partial charge in [-0.1, -0.05) is 29.8 Å². The molecule has 114 valence electrons. The van der Waals surface area contributed by atoms with Crippen LogP contribution < -0.4 is 10.6 Å². The van der Waals surface area contributed by atoms with Gasteiger partial charge in [-0.3, -0.25) is 4.79 Å². The molecule has 0 heterocycles. The topological polar surface area (TPSA) is 41.1 Å². The minimum absolute atomic E-state index is 0.177. The van der Waals surface area contributed by atoms with Crippen LogP contribution in [0, 0.1) is 5.82 Å². The van der Waals surface area contributed by atoms with E-state index in [0.717, 1.165) is 5.56 Å². The fourth-order valence-corrected chi connectivity index (χ4v) is 2.30. The Morgan fingerprint density at radius 2 is 1.82 bits per heavy atom. The molecule has 0 spiro atoms. The number of amides is 1. The van der Waals surface area contributed by atoms with Crippen molar-refractivity contribution in [2.24, 2.45) is 0 Å². The van der Waals surface area contributed by atoms with Gasteiger partial charge in [0.1, 0.15) is 5.82 Å². The summed E-state index contributed by atoms with van der Waals surface area (Å²) in [6.45, 7) is 0. The maximum atomic E-state index is 12.8. The van der Waals surface area contributed by atoms with Gasteiger partial charge in [0.05, 0.1) is 0 Å². The Morgan fingerprint density at radius 3 is 2.50 bits per heavy atom. The van der Waals surface area contributed by atoms with Crippen LogP contribution in [0.15, 0.2) is 48.5 Å². The van der Waals surface area contributed by atoms with Crippen molar-refractivity contribution in [3.8, 4) is 0 Å². The number of hydrogen-bond donors (Lipinski definition) is 2. The number of anilines is 1. The van der Waals surface area contributed by atoms with Crippen LogP contribution in [0.4, 0.5) is 10.1 Å². The van der Waals surface area contributed by atoms with Crippen LogP contribution in [0.3, 0.4) is 0 Å². The molecule has 0 saturated heterocycles. The first-order chi connectivity index (χ1) is 10.5. The fraction of sp³-hybridized carbons (Fsp3) is 0.125. The Bertz CT molecular complexity index is 676. The van der Waals surface area contributed by atoms with E-state index in [0.29, 0.717) is 17.1 Å². The first-order valence-corrected chi connectivity index (χ1v) is 7.43. The average molecular weight is 337 g/mol. The number of thiocarbonyl (C=S) groups is 1. The van der Waals surface area contributed by atoms with Crippen LogP contribution in [-0.4, -0.2) is 11.0 Å². The van der Waals surface area contributed by atoms with E-state index < -0.39 is 0 Å². The van der Waals surface area contributed by atoms with Crippen molar-refractivity contribution >= 4 is 40.5 Å². The highest BCUT2D eigenvalue weighted by Gasteiger charge is 2.07. The van der Waals surface area contributed by atoms with Gasteiger partial charge in [0.2, 0.25) is 5.91 Å². The number of carbonyl (C=O) groups excluding carboxylic acids is 1. The number of nitrogens with one attached hydrogen (secondary N) is 2. The van der Waals surface area contributed by atoms with Crippen molar-refractivity contribution in [1.82, 2.24) is 5.32 Å². The molecular weight excluding hydrogens is 323 g/mol. The van der Waals surface area contributed by atoms with Crippen molar-refractivity contribution in [2.75, 3.05) is 5.32 Å². The second-order valence-electron chi connectivity index (χ2n) is 4.60. The zero-order valence-corrected chi connectivity index (χ0v) is 13.2. The highest BCUT2D eigenvalue weighted by Crippen LogP contribution is 2.16. The maximum Gasteiger partial charge on any atom is 0.226 e. The van der Waals surface area contributed by atoms with Crippen LogP contribution in [0.25, 0.3) is 0 Å². The quantitative estimate of drug-likeness (QED) is 0.831. The lowest BCUT2D eigenvalue weighted by atomic mass is 10.1. The zero-order chi connectivity index (χ0) is 15.9. The van der Waals surface area contributed by atoms with Gasteiger partial charge in [-0.2, -0.15) is 0 Å². The van der Waals surface area contributed by atoms with Crippen molar-refractivity contribution < 1.29 is 9.18 Å². The summed E-state index contributed by atoms with van der Waals surface area (Å²) in [5.41, 5.74) is 1.52. The van der Waals surface area contributed by atoms with E-state index in [1.807, 2.05) is 18.2 Å². The Balaban J connectivity index is 1.80. The molecule has 6 heteroatoms. The number of benzene rings is 2. The summed E-state index contributed by atoms with van der Waals surface area (Å²) in [7, 11) is 0. The molecule has 0 radical (unpaired) electrons. The Morgan fingerprint density at radius 1 is 1.14 bits per heavy atom. The van der Waals surface area contributed by atoms with Crippen molar-refractivity contribution in [1.29, 1.82) is 0 Å². The summed E-state index contributed by atoms with van der Waals surface area (Å²) in [5.74, 6) is -0.542. The standard InChI is InChI=1S/C16H14ClFN2OS/c17-14-4-2-1-3-11(14)5-10-15(21)20-16(22)19-13-8-6-12(18)7-9-13/h1-4,6-9H,5,10H2,(H2,19,20,21,22). The Labute approximate surface area is 138 Å². The second kappa shape index (κ2) is 7.87. The highest BCUT2D eigenvalue weighted by molar-refractivity contribution is 7.80. The molecule has 0 aliphatic heterocycles. The first kappa shape index (κ1) is 16.4. The number of halogens is 2. The first-order valence-electron chi connectivity index (χ1n) is 6.64. The molecule has 0 saturated carbocycles. The van der Waals surface area contributed by atoms with E-state index in [2.05, 4.69) is 10.6 Å². The van der Waals surface area contributed by atoms with Crippen LogP contribution in [0.2, 0.25) is 5.02 Å². The summed E-state index contributed by atoms with van der Waals surface area (Å²) in [4.78, 5) is 11.8. The lowest BCUT2D eigenvalue weighted by molar-refractivity contribution is -0.119. The van der Waals surface area contributed by atoms with E-state index in [-0.39, 0.29) is 23.3 Å². The predicted octanol–water partition coefficient (Wildman–Crippen LogP) is 3.92. The summed E-state index contributed by atoms with van der Waals surface area (Å²) < 4.78 is 12.8. The molecule has 0 unspecified atom stereocenters. The smallest absolute Gasteiger partial charge is 0.226 e. The lowest BCUT2D eigenvalue weighted by Crippen LogP contribution is -2.34. The average Bonchev–Trinajstić information content (AvgIpc) is 2.49. The summed E-state index contributed by atoms with van der Waals surface area (Å²) in [6, 6.07) is 13.1. The van der Waals surface area contributed by atoms with E-state index in [4.69, 9.17) is 23.8 Å². The number of carbonyl (C=O) groups is 1. The molecule has 2 N–H and O–H groups in total. The molecule has 3 nitrogen and oxygen atoms in total. The molecular formula is C16H14ClFN2OS. The number of hydrogen-bond acceptors (Lipinski definition) is 2. The van der Waals surface area contributed by atoms with Gasteiger partial charge in [0.15, 0.2) is 5.11 Å². The minimum Gasteiger partial charge on any atom is -0.332 e. The van der Waals surface area contributed by atoms with Gasteiger partial charge in [-0.15, -0.1) is 0 Å². The molecule has 0 aliphatic carbocycles. The molecule has 2 aromatic carbocycles. The molecule has 0 fully saturated rings. The number of rotatable bonds is 4. The largest absolute Gasteiger partial charge is 0.332 e. The zero-order valence-electron chi connectivity index (χ0n) is 11.6. The van der Waals surface area contributed by atoms with Gasteiger partial charge in [-0.25, -0.2) is 4.39 Å². The third-order valence-electron chi connectivity index (χ3n) is 2.93. The van der Waals surface area contributed by atoms with Gasteiger partial charge >= 0.3 is 0 Å². The van der Waals surface area contributed by atoms with Crippen molar-refractivity contribution in [3.63, 3.8) is 0 Å². The number of aryl methyl sites for hydroxylation is 1. The molecule has 0 atom stereocenters. The van der Waals surface area contributed by atoms with Crippen LogP contribution in [0.5, 0.6) is 0 Å². The van der Waals surface area contributed by atoms with Crippen molar-refractivity contribution in [2.45, 2.75) is 12.8 Å². The van der Waals surface area contributed by atoms with Crippen LogP contribution >= 0.6 is 23.8 Å². The summed E-state index contributed by atoms with van der Waals surface area (Å²) in [6.07, 6.45) is 0.805. The Hall–Kier alpha value is -1.98. The molecule has 0 bridgehead atoms. The Kier molecular flexibility index (Phi) is 5.86. The maximum absolute atomic E-state index is 12.8. The molecule has 22 heavy (non-hydrogen) atoms. The molecule has 0 aromatic heterocycles.